The van der Waals surface area contributed by atoms with E-state index < -0.39 is 0 Å². The molecule has 0 bridgehead atoms. The first-order chi connectivity index (χ1) is 9.33. The van der Waals surface area contributed by atoms with E-state index in [-0.39, 0.29) is 0 Å². The van der Waals surface area contributed by atoms with E-state index in [1.807, 2.05) is 12.1 Å². The Labute approximate surface area is 116 Å². The average molecular weight is 263 g/mol. The molecule has 2 rings (SSSR count). The summed E-state index contributed by atoms with van der Waals surface area (Å²) in [6.07, 6.45) is 4.84. The number of ether oxygens (including phenoxy) is 2. The highest BCUT2D eigenvalue weighted by atomic mass is 16.5. The van der Waals surface area contributed by atoms with E-state index in [1.165, 1.54) is 24.8 Å². The average Bonchev–Trinajstić information content (AvgIpc) is 2.91. The molecular formula is C16H25NO2. The van der Waals surface area contributed by atoms with Crippen LogP contribution in [0.4, 0.5) is 0 Å². The molecule has 106 valence electrons. The maximum absolute atomic E-state index is 5.82. The molecule has 0 saturated heterocycles. The molecule has 0 radical (unpaired) electrons. The molecule has 3 heteroatoms. The molecule has 1 aliphatic rings. The molecule has 1 saturated carbocycles. The van der Waals surface area contributed by atoms with Crippen LogP contribution in [0, 0.1) is 11.8 Å². The van der Waals surface area contributed by atoms with E-state index in [0.717, 1.165) is 31.9 Å². The number of rotatable bonds is 7. The van der Waals surface area contributed by atoms with E-state index in [2.05, 4.69) is 12.1 Å². The van der Waals surface area contributed by atoms with Gasteiger partial charge in [0.1, 0.15) is 5.75 Å². The highest BCUT2D eigenvalue weighted by Gasteiger charge is 2.25. The SMILES string of the molecule is COc1ccc(CCOCC2CCCC2CN)cc1. The molecule has 0 aromatic heterocycles. The zero-order chi connectivity index (χ0) is 13.5. The first kappa shape index (κ1) is 14.4. The summed E-state index contributed by atoms with van der Waals surface area (Å²) >= 11 is 0. The fourth-order valence-corrected chi connectivity index (χ4v) is 2.86. The summed E-state index contributed by atoms with van der Waals surface area (Å²) in [5, 5.41) is 0. The van der Waals surface area contributed by atoms with Gasteiger partial charge in [-0.15, -0.1) is 0 Å². The summed E-state index contributed by atoms with van der Waals surface area (Å²) in [5.41, 5.74) is 7.07. The Morgan fingerprint density at radius 3 is 2.58 bits per heavy atom. The minimum Gasteiger partial charge on any atom is -0.497 e. The number of nitrogens with two attached hydrogens (primary N) is 1. The van der Waals surface area contributed by atoms with Crippen LogP contribution in [-0.4, -0.2) is 26.9 Å². The first-order valence-corrected chi connectivity index (χ1v) is 7.24. The summed E-state index contributed by atoms with van der Waals surface area (Å²) < 4.78 is 11.0. The lowest BCUT2D eigenvalue weighted by Crippen LogP contribution is -2.22. The third-order valence-corrected chi connectivity index (χ3v) is 4.15. The Morgan fingerprint density at radius 1 is 1.16 bits per heavy atom. The van der Waals surface area contributed by atoms with Crippen molar-refractivity contribution in [3.05, 3.63) is 29.8 Å². The van der Waals surface area contributed by atoms with Gasteiger partial charge in [-0.2, -0.15) is 0 Å². The Morgan fingerprint density at radius 2 is 1.89 bits per heavy atom. The van der Waals surface area contributed by atoms with Gasteiger partial charge in [0.2, 0.25) is 0 Å². The quantitative estimate of drug-likeness (QED) is 0.769. The Balaban J connectivity index is 1.66. The van der Waals surface area contributed by atoms with Crippen molar-refractivity contribution in [1.29, 1.82) is 0 Å². The van der Waals surface area contributed by atoms with Gasteiger partial charge < -0.3 is 15.2 Å². The summed E-state index contributed by atoms with van der Waals surface area (Å²) in [7, 11) is 1.69. The smallest absolute Gasteiger partial charge is 0.118 e. The highest BCUT2D eigenvalue weighted by Crippen LogP contribution is 2.30. The molecule has 2 unspecified atom stereocenters. The minimum absolute atomic E-state index is 0.681. The van der Waals surface area contributed by atoms with Crippen LogP contribution in [0.3, 0.4) is 0 Å². The van der Waals surface area contributed by atoms with Crippen LogP contribution in [0.5, 0.6) is 5.75 Å². The van der Waals surface area contributed by atoms with Crippen molar-refractivity contribution in [2.75, 3.05) is 26.9 Å². The third-order valence-electron chi connectivity index (χ3n) is 4.15. The number of hydrogen-bond acceptors (Lipinski definition) is 3. The van der Waals surface area contributed by atoms with Crippen molar-refractivity contribution in [3.8, 4) is 5.75 Å². The molecule has 0 heterocycles. The molecule has 1 aromatic carbocycles. The van der Waals surface area contributed by atoms with Crippen LogP contribution in [0.25, 0.3) is 0 Å². The molecule has 19 heavy (non-hydrogen) atoms. The highest BCUT2D eigenvalue weighted by molar-refractivity contribution is 5.27. The van der Waals surface area contributed by atoms with Crippen molar-refractivity contribution in [3.63, 3.8) is 0 Å². The van der Waals surface area contributed by atoms with Crippen molar-refractivity contribution in [2.45, 2.75) is 25.7 Å². The van der Waals surface area contributed by atoms with E-state index in [1.54, 1.807) is 7.11 Å². The van der Waals surface area contributed by atoms with E-state index >= 15 is 0 Å². The molecule has 2 atom stereocenters. The van der Waals surface area contributed by atoms with Gasteiger partial charge in [-0.05, 0) is 55.3 Å². The molecule has 0 aliphatic heterocycles. The lowest BCUT2D eigenvalue weighted by Gasteiger charge is -2.17. The van der Waals surface area contributed by atoms with E-state index in [4.69, 9.17) is 15.2 Å². The molecule has 1 aliphatic carbocycles. The second-order valence-corrected chi connectivity index (χ2v) is 5.36. The molecule has 0 spiro atoms. The van der Waals surface area contributed by atoms with Crippen LogP contribution >= 0.6 is 0 Å². The second-order valence-electron chi connectivity index (χ2n) is 5.36. The van der Waals surface area contributed by atoms with Gasteiger partial charge in [0.15, 0.2) is 0 Å². The Bertz CT molecular complexity index is 364. The number of benzene rings is 1. The van der Waals surface area contributed by atoms with Gasteiger partial charge in [-0.1, -0.05) is 18.6 Å². The summed E-state index contributed by atoms with van der Waals surface area (Å²) in [6.45, 7) is 2.48. The summed E-state index contributed by atoms with van der Waals surface area (Å²) in [6, 6.07) is 8.19. The lowest BCUT2D eigenvalue weighted by atomic mass is 9.97. The fourth-order valence-electron chi connectivity index (χ4n) is 2.86. The Hall–Kier alpha value is -1.06. The van der Waals surface area contributed by atoms with Gasteiger partial charge >= 0.3 is 0 Å². The summed E-state index contributed by atoms with van der Waals surface area (Å²) in [4.78, 5) is 0. The number of methoxy groups -OCH3 is 1. The van der Waals surface area contributed by atoms with Crippen LogP contribution in [0.1, 0.15) is 24.8 Å². The lowest BCUT2D eigenvalue weighted by molar-refractivity contribution is 0.0892. The molecular weight excluding hydrogens is 238 g/mol. The zero-order valence-corrected chi connectivity index (χ0v) is 11.8. The van der Waals surface area contributed by atoms with Crippen molar-refractivity contribution >= 4 is 0 Å². The molecule has 0 amide bonds. The fraction of sp³-hybridized carbons (Fsp3) is 0.625. The monoisotopic (exact) mass is 263 g/mol. The van der Waals surface area contributed by atoms with Gasteiger partial charge in [0.25, 0.3) is 0 Å². The van der Waals surface area contributed by atoms with Crippen molar-refractivity contribution in [1.82, 2.24) is 0 Å². The maximum Gasteiger partial charge on any atom is 0.118 e. The molecule has 1 aromatic rings. The molecule has 2 N–H and O–H groups in total. The van der Waals surface area contributed by atoms with Crippen LogP contribution in [0.2, 0.25) is 0 Å². The number of hydrogen-bond donors (Lipinski definition) is 1. The standard InChI is InChI=1S/C16H25NO2/c1-18-16-7-5-13(6-8-16)9-10-19-12-15-4-2-3-14(15)11-17/h5-8,14-15H,2-4,9-12,17H2,1H3. The zero-order valence-electron chi connectivity index (χ0n) is 11.8. The van der Waals surface area contributed by atoms with Crippen LogP contribution in [0.15, 0.2) is 24.3 Å². The first-order valence-electron chi connectivity index (χ1n) is 7.24. The largest absolute Gasteiger partial charge is 0.497 e. The van der Waals surface area contributed by atoms with Crippen LogP contribution in [-0.2, 0) is 11.2 Å². The molecule has 1 fully saturated rings. The van der Waals surface area contributed by atoms with Gasteiger partial charge in [0, 0.05) is 6.61 Å². The van der Waals surface area contributed by atoms with Crippen molar-refractivity contribution in [2.24, 2.45) is 17.6 Å². The van der Waals surface area contributed by atoms with Gasteiger partial charge in [-0.25, -0.2) is 0 Å². The van der Waals surface area contributed by atoms with E-state index in [9.17, 15) is 0 Å². The predicted octanol–water partition coefficient (Wildman–Crippen LogP) is 2.63. The third kappa shape index (κ3) is 4.22. The Kier molecular flexibility index (Phi) is 5.67. The minimum atomic E-state index is 0.681. The van der Waals surface area contributed by atoms with Crippen molar-refractivity contribution < 1.29 is 9.47 Å². The van der Waals surface area contributed by atoms with Crippen LogP contribution < -0.4 is 10.5 Å². The second kappa shape index (κ2) is 7.51. The maximum atomic E-state index is 5.82. The predicted molar refractivity (Wildman–Crippen MR) is 77.4 cm³/mol. The topological polar surface area (TPSA) is 44.5 Å². The van der Waals surface area contributed by atoms with Gasteiger partial charge in [-0.3, -0.25) is 0 Å². The van der Waals surface area contributed by atoms with Gasteiger partial charge in [0.05, 0.1) is 13.7 Å². The normalized spacial score (nSPS) is 22.6. The summed E-state index contributed by atoms with van der Waals surface area (Å²) in [5.74, 6) is 2.27. The molecule has 3 nitrogen and oxygen atoms in total. The van der Waals surface area contributed by atoms with E-state index in [0.29, 0.717) is 11.8 Å².